The molecule has 0 bridgehead atoms. The quantitative estimate of drug-likeness (QED) is 0.726. The number of benzene rings is 2. The lowest BCUT2D eigenvalue weighted by Gasteiger charge is -2.17. The van der Waals surface area contributed by atoms with Crippen molar-refractivity contribution in [2.24, 2.45) is 0 Å². The highest BCUT2D eigenvalue weighted by Crippen LogP contribution is 2.25. The summed E-state index contributed by atoms with van der Waals surface area (Å²) in [6, 6.07) is 15.5. The van der Waals surface area contributed by atoms with Crippen LogP contribution >= 0.6 is 0 Å². The van der Waals surface area contributed by atoms with E-state index in [1.54, 1.807) is 20.3 Å². The Bertz CT molecular complexity index is 710. The van der Waals surface area contributed by atoms with Crippen molar-refractivity contribution in [1.82, 2.24) is 5.32 Å². The predicted molar refractivity (Wildman–Crippen MR) is 101 cm³/mol. The summed E-state index contributed by atoms with van der Waals surface area (Å²) in [7, 11) is 3.21. The normalized spacial score (nSPS) is 12.0. The second-order valence-electron chi connectivity index (χ2n) is 5.70. The van der Waals surface area contributed by atoms with Crippen LogP contribution in [0.3, 0.4) is 0 Å². The van der Waals surface area contributed by atoms with Crippen LogP contribution in [-0.4, -0.2) is 20.1 Å². The maximum Gasteiger partial charge on any atom is 0.244 e. The first-order valence-electron chi connectivity index (χ1n) is 8.43. The fraction of sp³-hybridized carbons (Fsp3) is 0.286. The van der Waals surface area contributed by atoms with Crippen LogP contribution in [-0.2, 0) is 4.79 Å². The van der Waals surface area contributed by atoms with Crippen molar-refractivity contribution >= 4 is 12.0 Å². The Labute approximate surface area is 149 Å². The van der Waals surface area contributed by atoms with Gasteiger partial charge in [0.15, 0.2) is 0 Å². The minimum Gasteiger partial charge on any atom is -0.497 e. The molecule has 0 aliphatic carbocycles. The van der Waals surface area contributed by atoms with E-state index in [0.717, 1.165) is 24.0 Å². The molecule has 0 saturated carbocycles. The van der Waals surface area contributed by atoms with Gasteiger partial charge in [-0.15, -0.1) is 0 Å². The zero-order chi connectivity index (χ0) is 18.1. The highest BCUT2D eigenvalue weighted by molar-refractivity contribution is 5.92. The van der Waals surface area contributed by atoms with Crippen LogP contribution < -0.4 is 14.8 Å². The summed E-state index contributed by atoms with van der Waals surface area (Å²) in [4.78, 5) is 12.4. The summed E-state index contributed by atoms with van der Waals surface area (Å²) in [5, 5.41) is 3.07. The van der Waals surface area contributed by atoms with Gasteiger partial charge < -0.3 is 14.8 Å². The van der Waals surface area contributed by atoms with Crippen molar-refractivity contribution in [3.8, 4) is 11.5 Å². The van der Waals surface area contributed by atoms with Crippen LogP contribution in [0.25, 0.3) is 6.08 Å². The van der Waals surface area contributed by atoms with Crippen LogP contribution in [0.4, 0.5) is 0 Å². The predicted octanol–water partition coefficient (Wildman–Crippen LogP) is 4.37. The van der Waals surface area contributed by atoms with Crippen molar-refractivity contribution in [3.63, 3.8) is 0 Å². The molecule has 0 radical (unpaired) electrons. The van der Waals surface area contributed by atoms with Crippen molar-refractivity contribution in [2.45, 2.75) is 25.8 Å². The van der Waals surface area contributed by atoms with Gasteiger partial charge >= 0.3 is 0 Å². The minimum atomic E-state index is -0.132. The Hall–Kier alpha value is -2.75. The highest BCUT2D eigenvalue weighted by atomic mass is 16.5. The van der Waals surface area contributed by atoms with E-state index in [1.807, 2.05) is 48.5 Å². The summed E-state index contributed by atoms with van der Waals surface area (Å²) in [6.07, 6.45) is 5.16. The molecule has 0 unspecified atom stereocenters. The molecule has 132 valence electrons. The Morgan fingerprint density at radius 2 is 1.88 bits per heavy atom. The summed E-state index contributed by atoms with van der Waals surface area (Å²) in [5.74, 6) is 1.28. The molecular formula is C21H25NO3. The molecule has 25 heavy (non-hydrogen) atoms. The second kappa shape index (κ2) is 9.52. The Kier molecular flexibility index (Phi) is 7.08. The average Bonchev–Trinajstić information content (AvgIpc) is 2.66. The number of hydrogen-bond donors (Lipinski definition) is 1. The maximum atomic E-state index is 12.4. The van der Waals surface area contributed by atoms with Crippen molar-refractivity contribution in [2.75, 3.05) is 14.2 Å². The molecule has 0 fully saturated rings. The molecule has 1 N–H and O–H groups in total. The summed E-state index contributed by atoms with van der Waals surface area (Å²) >= 11 is 0. The number of rotatable bonds is 8. The van der Waals surface area contributed by atoms with Gasteiger partial charge in [-0.05, 0) is 36.3 Å². The third-order valence-electron chi connectivity index (χ3n) is 3.95. The molecule has 1 amide bonds. The first-order valence-corrected chi connectivity index (χ1v) is 8.43. The fourth-order valence-electron chi connectivity index (χ4n) is 2.65. The van der Waals surface area contributed by atoms with E-state index in [2.05, 4.69) is 12.2 Å². The Balaban J connectivity index is 2.11. The highest BCUT2D eigenvalue weighted by Gasteiger charge is 2.12. The standard InChI is InChI=1S/C21H25NO3/c1-4-8-19(16-9-6-5-7-10-16)22-21(23)14-11-17-15-18(24-2)12-13-20(17)25-3/h5-7,9-15,19H,4,8H2,1-3H3,(H,22,23)/b14-11+/t19-/m1/s1. The minimum absolute atomic E-state index is 0.00977. The topological polar surface area (TPSA) is 47.6 Å². The molecule has 0 heterocycles. The number of carbonyl (C=O) groups is 1. The van der Waals surface area contributed by atoms with Crippen molar-refractivity contribution in [1.29, 1.82) is 0 Å². The van der Waals surface area contributed by atoms with Crippen LogP contribution in [0.15, 0.2) is 54.6 Å². The summed E-state index contributed by atoms with van der Waals surface area (Å²) in [5.41, 5.74) is 1.91. The van der Waals surface area contributed by atoms with Gasteiger partial charge in [0, 0.05) is 11.6 Å². The van der Waals surface area contributed by atoms with E-state index < -0.39 is 0 Å². The molecule has 4 heteroatoms. The number of ether oxygens (including phenoxy) is 2. The molecule has 0 aromatic heterocycles. The number of carbonyl (C=O) groups excluding carboxylic acids is 1. The average molecular weight is 339 g/mol. The third kappa shape index (κ3) is 5.38. The molecule has 0 spiro atoms. The number of amides is 1. The third-order valence-corrected chi connectivity index (χ3v) is 3.95. The first-order chi connectivity index (χ1) is 12.2. The van der Waals surface area contributed by atoms with Gasteiger partial charge in [0.25, 0.3) is 0 Å². The molecule has 2 aromatic carbocycles. The van der Waals surface area contributed by atoms with Crippen LogP contribution in [0.1, 0.15) is 36.9 Å². The van der Waals surface area contributed by atoms with E-state index in [9.17, 15) is 4.79 Å². The van der Waals surface area contributed by atoms with E-state index in [-0.39, 0.29) is 11.9 Å². The van der Waals surface area contributed by atoms with E-state index in [0.29, 0.717) is 11.5 Å². The van der Waals surface area contributed by atoms with Crippen LogP contribution in [0, 0.1) is 0 Å². The maximum absolute atomic E-state index is 12.4. The largest absolute Gasteiger partial charge is 0.497 e. The smallest absolute Gasteiger partial charge is 0.244 e. The molecule has 2 rings (SSSR count). The molecular weight excluding hydrogens is 314 g/mol. The zero-order valence-electron chi connectivity index (χ0n) is 15.0. The van der Waals surface area contributed by atoms with Crippen LogP contribution in [0.2, 0.25) is 0 Å². The molecule has 0 aliphatic rings. The van der Waals surface area contributed by atoms with E-state index >= 15 is 0 Å². The molecule has 0 aliphatic heterocycles. The van der Waals surface area contributed by atoms with Crippen molar-refractivity contribution in [3.05, 3.63) is 65.7 Å². The lowest BCUT2D eigenvalue weighted by atomic mass is 10.0. The van der Waals surface area contributed by atoms with Gasteiger partial charge in [-0.2, -0.15) is 0 Å². The lowest BCUT2D eigenvalue weighted by Crippen LogP contribution is -2.26. The zero-order valence-corrected chi connectivity index (χ0v) is 15.0. The number of methoxy groups -OCH3 is 2. The monoisotopic (exact) mass is 339 g/mol. The van der Waals surface area contributed by atoms with Gasteiger partial charge in [-0.3, -0.25) is 4.79 Å². The molecule has 1 atom stereocenters. The van der Waals surface area contributed by atoms with E-state index in [1.165, 1.54) is 6.08 Å². The van der Waals surface area contributed by atoms with Crippen LogP contribution in [0.5, 0.6) is 11.5 Å². The van der Waals surface area contributed by atoms with Crippen molar-refractivity contribution < 1.29 is 14.3 Å². The molecule has 4 nitrogen and oxygen atoms in total. The lowest BCUT2D eigenvalue weighted by molar-refractivity contribution is -0.117. The Morgan fingerprint density at radius 1 is 1.12 bits per heavy atom. The van der Waals surface area contributed by atoms with E-state index in [4.69, 9.17) is 9.47 Å². The van der Waals surface area contributed by atoms with Gasteiger partial charge in [-0.1, -0.05) is 43.7 Å². The summed E-state index contributed by atoms with van der Waals surface area (Å²) in [6.45, 7) is 2.11. The fourth-order valence-corrected chi connectivity index (χ4v) is 2.65. The van der Waals surface area contributed by atoms with Gasteiger partial charge in [0.2, 0.25) is 5.91 Å². The Morgan fingerprint density at radius 3 is 2.52 bits per heavy atom. The number of nitrogens with one attached hydrogen (secondary N) is 1. The van der Waals surface area contributed by atoms with Gasteiger partial charge in [-0.25, -0.2) is 0 Å². The molecule has 0 saturated heterocycles. The SMILES string of the molecule is CCC[C@@H](NC(=O)/C=C/c1cc(OC)ccc1OC)c1ccccc1. The molecule has 2 aromatic rings. The van der Waals surface area contributed by atoms with Gasteiger partial charge in [0.05, 0.1) is 20.3 Å². The second-order valence-corrected chi connectivity index (χ2v) is 5.70. The first kappa shape index (κ1) is 18.6. The summed E-state index contributed by atoms with van der Waals surface area (Å²) < 4.78 is 10.6. The number of hydrogen-bond acceptors (Lipinski definition) is 3. The van der Waals surface area contributed by atoms with Gasteiger partial charge in [0.1, 0.15) is 11.5 Å².